The van der Waals surface area contributed by atoms with Crippen molar-refractivity contribution in [2.75, 3.05) is 5.73 Å². The standard InChI is InChI=1S/C15H18N2O/c16-12-7-5-11(6-8-12)15(9-10-15)14(18)17-13-3-1-2-4-13/h1-2,5-8,13H,3-4,9-10,16H2,(H,17,18). The van der Waals surface area contributed by atoms with Crippen molar-refractivity contribution in [1.82, 2.24) is 5.32 Å². The third-order valence-electron chi connectivity index (χ3n) is 3.99. The molecule has 3 N–H and O–H groups in total. The summed E-state index contributed by atoms with van der Waals surface area (Å²) < 4.78 is 0. The fraction of sp³-hybridized carbons (Fsp3) is 0.400. The van der Waals surface area contributed by atoms with E-state index in [1.165, 1.54) is 0 Å². The second kappa shape index (κ2) is 4.16. The van der Waals surface area contributed by atoms with Gasteiger partial charge in [0.15, 0.2) is 0 Å². The molecule has 0 atom stereocenters. The van der Waals surface area contributed by atoms with Gasteiger partial charge in [-0.3, -0.25) is 4.79 Å². The highest BCUT2D eigenvalue weighted by Gasteiger charge is 2.51. The number of rotatable bonds is 3. The van der Waals surface area contributed by atoms with Crippen LogP contribution in [0.3, 0.4) is 0 Å². The van der Waals surface area contributed by atoms with Gasteiger partial charge in [0.1, 0.15) is 0 Å². The first kappa shape index (κ1) is 11.3. The Kier molecular flexibility index (Phi) is 2.62. The van der Waals surface area contributed by atoms with Gasteiger partial charge in [-0.15, -0.1) is 0 Å². The Labute approximate surface area is 107 Å². The van der Waals surface area contributed by atoms with Gasteiger partial charge in [0.05, 0.1) is 5.41 Å². The van der Waals surface area contributed by atoms with Crippen LogP contribution in [0.5, 0.6) is 0 Å². The Hall–Kier alpha value is -1.77. The first-order chi connectivity index (χ1) is 8.71. The summed E-state index contributed by atoms with van der Waals surface area (Å²) >= 11 is 0. The monoisotopic (exact) mass is 242 g/mol. The molecule has 1 aromatic carbocycles. The van der Waals surface area contributed by atoms with E-state index < -0.39 is 0 Å². The van der Waals surface area contributed by atoms with E-state index in [2.05, 4.69) is 17.5 Å². The maximum atomic E-state index is 12.4. The summed E-state index contributed by atoms with van der Waals surface area (Å²) in [6, 6.07) is 8.01. The molecule has 0 saturated heterocycles. The minimum Gasteiger partial charge on any atom is -0.399 e. The van der Waals surface area contributed by atoms with Crippen LogP contribution in [-0.4, -0.2) is 11.9 Å². The maximum absolute atomic E-state index is 12.4. The van der Waals surface area contributed by atoms with E-state index in [1.807, 2.05) is 24.3 Å². The van der Waals surface area contributed by atoms with Crippen molar-refractivity contribution in [2.45, 2.75) is 37.1 Å². The number of nitrogens with one attached hydrogen (secondary N) is 1. The van der Waals surface area contributed by atoms with Crippen LogP contribution in [0, 0.1) is 0 Å². The highest BCUT2D eigenvalue weighted by atomic mass is 16.2. The molecule has 2 aliphatic rings. The smallest absolute Gasteiger partial charge is 0.230 e. The van der Waals surface area contributed by atoms with E-state index >= 15 is 0 Å². The topological polar surface area (TPSA) is 55.1 Å². The number of amides is 1. The molecule has 0 unspecified atom stereocenters. The second-order valence-corrected chi connectivity index (χ2v) is 5.32. The summed E-state index contributed by atoms with van der Waals surface area (Å²) in [4.78, 5) is 12.4. The molecular formula is C15H18N2O. The molecule has 0 aliphatic heterocycles. The first-order valence-electron chi connectivity index (χ1n) is 6.53. The fourth-order valence-electron chi connectivity index (χ4n) is 2.63. The van der Waals surface area contributed by atoms with Crippen molar-refractivity contribution in [2.24, 2.45) is 0 Å². The third kappa shape index (κ3) is 1.90. The van der Waals surface area contributed by atoms with Crippen molar-refractivity contribution >= 4 is 11.6 Å². The zero-order chi connectivity index (χ0) is 12.6. The van der Waals surface area contributed by atoms with Crippen molar-refractivity contribution in [3.63, 3.8) is 0 Å². The highest BCUT2D eigenvalue weighted by molar-refractivity contribution is 5.91. The van der Waals surface area contributed by atoms with Crippen LogP contribution in [0.15, 0.2) is 36.4 Å². The molecule has 94 valence electrons. The molecule has 1 amide bonds. The van der Waals surface area contributed by atoms with Crippen LogP contribution in [0.2, 0.25) is 0 Å². The Bertz CT molecular complexity index is 478. The Morgan fingerprint density at radius 2 is 1.78 bits per heavy atom. The number of carbonyl (C=O) groups is 1. The number of nitrogen functional groups attached to an aromatic ring is 1. The minimum atomic E-state index is -0.281. The zero-order valence-electron chi connectivity index (χ0n) is 10.4. The molecule has 3 nitrogen and oxygen atoms in total. The number of benzene rings is 1. The van der Waals surface area contributed by atoms with Gasteiger partial charge in [0.25, 0.3) is 0 Å². The van der Waals surface area contributed by atoms with Crippen molar-refractivity contribution < 1.29 is 4.79 Å². The normalized spacial score (nSPS) is 20.9. The van der Waals surface area contributed by atoms with Gasteiger partial charge in [-0.25, -0.2) is 0 Å². The lowest BCUT2D eigenvalue weighted by Crippen LogP contribution is -2.40. The van der Waals surface area contributed by atoms with Crippen LogP contribution in [0.4, 0.5) is 5.69 Å². The Balaban J connectivity index is 1.74. The zero-order valence-corrected chi connectivity index (χ0v) is 10.4. The van der Waals surface area contributed by atoms with E-state index in [9.17, 15) is 4.79 Å². The highest BCUT2D eigenvalue weighted by Crippen LogP contribution is 2.48. The second-order valence-electron chi connectivity index (χ2n) is 5.32. The van der Waals surface area contributed by atoms with E-state index in [0.29, 0.717) is 6.04 Å². The molecule has 18 heavy (non-hydrogen) atoms. The molecule has 3 rings (SSSR count). The van der Waals surface area contributed by atoms with Crippen LogP contribution in [0.25, 0.3) is 0 Å². The molecule has 0 radical (unpaired) electrons. The van der Waals surface area contributed by atoms with Gasteiger partial charge in [0, 0.05) is 11.7 Å². The Morgan fingerprint density at radius 1 is 1.17 bits per heavy atom. The quantitative estimate of drug-likeness (QED) is 0.630. The lowest BCUT2D eigenvalue weighted by Gasteiger charge is -2.19. The predicted octanol–water partition coefficient (Wildman–Crippen LogP) is 2.14. The molecule has 1 fully saturated rings. The molecule has 0 bridgehead atoms. The number of carbonyl (C=O) groups excluding carboxylic acids is 1. The van der Waals surface area contributed by atoms with E-state index in [0.717, 1.165) is 36.9 Å². The Morgan fingerprint density at radius 3 is 2.33 bits per heavy atom. The summed E-state index contributed by atoms with van der Waals surface area (Å²) in [5.74, 6) is 0.181. The van der Waals surface area contributed by atoms with Crippen molar-refractivity contribution in [3.8, 4) is 0 Å². The maximum Gasteiger partial charge on any atom is 0.230 e. The van der Waals surface area contributed by atoms with Gasteiger partial charge in [0.2, 0.25) is 5.91 Å². The molecule has 0 aromatic heterocycles. The van der Waals surface area contributed by atoms with Crippen molar-refractivity contribution in [3.05, 3.63) is 42.0 Å². The van der Waals surface area contributed by atoms with Gasteiger partial charge in [-0.2, -0.15) is 0 Å². The fourth-order valence-corrected chi connectivity index (χ4v) is 2.63. The third-order valence-corrected chi connectivity index (χ3v) is 3.99. The van der Waals surface area contributed by atoms with E-state index in [4.69, 9.17) is 5.73 Å². The summed E-state index contributed by atoms with van der Waals surface area (Å²) in [6.45, 7) is 0. The summed E-state index contributed by atoms with van der Waals surface area (Å²) in [6.07, 6.45) is 8.08. The lowest BCUT2D eigenvalue weighted by atomic mass is 9.94. The van der Waals surface area contributed by atoms with Crippen LogP contribution in [0.1, 0.15) is 31.2 Å². The van der Waals surface area contributed by atoms with E-state index in [1.54, 1.807) is 0 Å². The van der Waals surface area contributed by atoms with Crippen LogP contribution >= 0.6 is 0 Å². The van der Waals surface area contributed by atoms with Crippen LogP contribution < -0.4 is 11.1 Å². The van der Waals surface area contributed by atoms with Gasteiger partial charge < -0.3 is 11.1 Å². The summed E-state index contributed by atoms with van der Waals surface area (Å²) in [5.41, 5.74) is 7.25. The first-order valence-corrected chi connectivity index (χ1v) is 6.53. The number of hydrogen-bond acceptors (Lipinski definition) is 2. The van der Waals surface area contributed by atoms with Gasteiger partial charge in [-0.1, -0.05) is 24.3 Å². The predicted molar refractivity (Wildman–Crippen MR) is 72.1 cm³/mol. The van der Waals surface area contributed by atoms with E-state index in [-0.39, 0.29) is 11.3 Å². The van der Waals surface area contributed by atoms with Crippen LogP contribution in [-0.2, 0) is 10.2 Å². The molecule has 1 saturated carbocycles. The summed E-state index contributed by atoms with van der Waals surface area (Å²) in [5, 5.41) is 3.16. The SMILES string of the molecule is Nc1ccc(C2(C(=O)NC3CC=CC3)CC2)cc1. The van der Waals surface area contributed by atoms with Gasteiger partial charge in [-0.05, 0) is 43.4 Å². The lowest BCUT2D eigenvalue weighted by molar-refractivity contribution is -0.124. The molecule has 2 aliphatic carbocycles. The number of nitrogens with two attached hydrogens (primary N) is 1. The molecular weight excluding hydrogens is 224 g/mol. The van der Waals surface area contributed by atoms with Crippen molar-refractivity contribution in [1.29, 1.82) is 0 Å². The molecule has 0 spiro atoms. The number of anilines is 1. The molecule has 1 aromatic rings. The minimum absolute atomic E-state index is 0.181. The molecule has 3 heteroatoms. The number of hydrogen-bond donors (Lipinski definition) is 2. The largest absolute Gasteiger partial charge is 0.399 e. The summed E-state index contributed by atoms with van der Waals surface area (Å²) in [7, 11) is 0. The van der Waals surface area contributed by atoms with Gasteiger partial charge >= 0.3 is 0 Å². The molecule has 0 heterocycles. The average Bonchev–Trinajstić information content (AvgIpc) is 3.03. The average molecular weight is 242 g/mol.